The number of nitrogens with zero attached hydrogens (tertiary/aromatic N) is 2. The second-order valence-electron chi connectivity index (χ2n) is 5.09. The number of nitro benzene ring substituents is 1. The second-order valence-corrected chi connectivity index (χ2v) is 5.53. The highest BCUT2D eigenvalue weighted by molar-refractivity contribution is 6.31. The summed E-state index contributed by atoms with van der Waals surface area (Å²) in [4.78, 5) is 27.2. The predicted molar refractivity (Wildman–Crippen MR) is 89.5 cm³/mol. The standard InChI is InChI=1S/C17H11ClN2O4/c1-10-5-6-11-3-2-4-15(16(11)19-10)24-17(21)13-8-7-12(18)9-14(13)20(22)23/h2-9H,1H3. The molecule has 0 N–H and O–H groups in total. The Morgan fingerprint density at radius 2 is 2.00 bits per heavy atom. The molecule has 0 saturated heterocycles. The number of hydrogen-bond acceptors (Lipinski definition) is 5. The highest BCUT2D eigenvalue weighted by atomic mass is 35.5. The van der Waals surface area contributed by atoms with Crippen LogP contribution in [0.4, 0.5) is 5.69 Å². The van der Waals surface area contributed by atoms with Gasteiger partial charge in [-0.1, -0.05) is 29.8 Å². The van der Waals surface area contributed by atoms with E-state index in [9.17, 15) is 14.9 Å². The van der Waals surface area contributed by atoms with Gasteiger partial charge in [0.05, 0.1) is 4.92 Å². The number of nitro groups is 1. The van der Waals surface area contributed by atoms with Crippen LogP contribution in [-0.2, 0) is 0 Å². The fourth-order valence-corrected chi connectivity index (χ4v) is 2.45. The molecule has 3 aromatic rings. The van der Waals surface area contributed by atoms with Crippen molar-refractivity contribution in [2.24, 2.45) is 0 Å². The predicted octanol–water partition coefficient (Wildman–Crippen LogP) is 4.32. The first-order valence-corrected chi connectivity index (χ1v) is 7.36. The van der Waals surface area contributed by atoms with Gasteiger partial charge >= 0.3 is 5.97 Å². The second kappa shape index (κ2) is 6.25. The highest BCUT2D eigenvalue weighted by Crippen LogP contribution is 2.28. The monoisotopic (exact) mass is 342 g/mol. The van der Waals surface area contributed by atoms with Crippen molar-refractivity contribution in [1.82, 2.24) is 4.98 Å². The number of aryl methyl sites for hydroxylation is 1. The molecule has 0 atom stereocenters. The quantitative estimate of drug-likeness (QED) is 0.306. The zero-order chi connectivity index (χ0) is 17.3. The van der Waals surface area contributed by atoms with Gasteiger partial charge in [0.25, 0.3) is 5.69 Å². The Balaban J connectivity index is 2.02. The van der Waals surface area contributed by atoms with E-state index in [0.717, 1.165) is 17.1 Å². The minimum Gasteiger partial charge on any atom is -0.420 e. The highest BCUT2D eigenvalue weighted by Gasteiger charge is 2.23. The molecule has 2 aromatic carbocycles. The van der Waals surface area contributed by atoms with Crippen LogP contribution in [0.2, 0.25) is 5.02 Å². The molecule has 0 fully saturated rings. The Bertz CT molecular complexity index is 972. The van der Waals surface area contributed by atoms with Crippen LogP contribution in [-0.4, -0.2) is 15.9 Å². The van der Waals surface area contributed by atoms with Gasteiger partial charge in [0.1, 0.15) is 11.1 Å². The molecule has 0 aliphatic carbocycles. The number of ether oxygens (including phenoxy) is 1. The largest absolute Gasteiger partial charge is 0.420 e. The van der Waals surface area contributed by atoms with E-state index in [0.29, 0.717) is 5.52 Å². The summed E-state index contributed by atoms with van der Waals surface area (Å²) in [6.45, 7) is 1.82. The lowest BCUT2D eigenvalue weighted by Crippen LogP contribution is -2.11. The van der Waals surface area contributed by atoms with Crippen LogP contribution in [0, 0.1) is 17.0 Å². The number of pyridine rings is 1. The first kappa shape index (κ1) is 15.9. The van der Waals surface area contributed by atoms with Crippen LogP contribution in [0.1, 0.15) is 16.1 Å². The van der Waals surface area contributed by atoms with E-state index in [2.05, 4.69) is 4.98 Å². The van der Waals surface area contributed by atoms with Crippen molar-refractivity contribution in [2.75, 3.05) is 0 Å². The molecule has 0 bridgehead atoms. The number of esters is 1. The van der Waals surface area contributed by atoms with Crippen LogP contribution in [0.3, 0.4) is 0 Å². The van der Waals surface area contributed by atoms with Gasteiger partial charge in [-0.2, -0.15) is 0 Å². The topological polar surface area (TPSA) is 82.3 Å². The molecule has 0 amide bonds. The number of aromatic nitrogens is 1. The third kappa shape index (κ3) is 3.04. The van der Waals surface area contributed by atoms with E-state index in [1.54, 1.807) is 12.1 Å². The zero-order valence-corrected chi connectivity index (χ0v) is 13.3. The van der Waals surface area contributed by atoms with Gasteiger partial charge in [-0.25, -0.2) is 9.78 Å². The van der Waals surface area contributed by atoms with Gasteiger partial charge in [0, 0.05) is 22.2 Å². The Kier molecular flexibility index (Phi) is 4.14. The first-order chi connectivity index (χ1) is 11.5. The molecule has 1 aromatic heterocycles. The van der Waals surface area contributed by atoms with Gasteiger partial charge < -0.3 is 4.74 Å². The normalized spacial score (nSPS) is 10.6. The maximum absolute atomic E-state index is 12.4. The van der Waals surface area contributed by atoms with E-state index in [1.807, 2.05) is 25.1 Å². The SMILES string of the molecule is Cc1ccc2cccc(OC(=O)c3ccc(Cl)cc3[N+](=O)[O-])c2n1. The number of carbonyl (C=O) groups is 1. The smallest absolute Gasteiger partial charge is 0.350 e. The third-order valence-electron chi connectivity index (χ3n) is 3.40. The number of para-hydroxylation sites is 1. The van der Waals surface area contributed by atoms with Crippen LogP contribution in [0.5, 0.6) is 5.75 Å². The minimum atomic E-state index is -0.839. The molecule has 120 valence electrons. The molecule has 0 aliphatic heterocycles. The molecule has 0 spiro atoms. The molecular weight excluding hydrogens is 332 g/mol. The summed E-state index contributed by atoms with van der Waals surface area (Å²) < 4.78 is 5.35. The van der Waals surface area contributed by atoms with Crippen molar-refractivity contribution >= 4 is 34.2 Å². The summed E-state index contributed by atoms with van der Waals surface area (Å²) in [5.74, 6) is -0.598. The molecule has 6 nitrogen and oxygen atoms in total. The van der Waals surface area contributed by atoms with Crippen LogP contribution in [0.25, 0.3) is 10.9 Å². The van der Waals surface area contributed by atoms with Crippen molar-refractivity contribution < 1.29 is 14.5 Å². The molecule has 0 unspecified atom stereocenters. The van der Waals surface area contributed by atoms with Gasteiger partial charge in [-0.05, 0) is 31.2 Å². The first-order valence-electron chi connectivity index (χ1n) is 6.98. The Labute approximate surface area is 141 Å². The van der Waals surface area contributed by atoms with E-state index in [4.69, 9.17) is 16.3 Å². The lowest BCUT2D eigenvalue weighted by molar-refractivity contribution is -0.385. The Hall–Kier alpha value is -2.99. The Morgan fingerprint density at radius 3 is 2.75 bits per heavy atom. The van der Waals surface area contributed by atoms with Gasteiger partial charge in [-0.15, -0.1) is 0 Å². The van der Waals surface area contributed by atoms with Crippen molar-refractivity contribution in [3.05, 3.63) is 74.9 Å². The number of benzene rings is 2. The summed E-state index contributed by atoms with van der Waals surface area (Å²) in [5, 5.41) is 12.1. The summed E-state index contributed by atoms with van der Waals surface area (Å²) in [6.07, 6.45) is 0. The lowest BCUT2D eigenvalue weighted by atomic mass is 10.1. The maximum Gasteiger partial charge on any atom is 0.350 e. The lowest BCUT2D eigenvalue weighted by Gasteiger charge is -2.08. The molecule has 0 saturated carbocycles. The third-order valence-corrected chi connectivity index (χ3v) is 3.64. The summed E-state index contributed by atoms with van der Waals surface area (Å²) in [7, 11) is 0. The summed E-state index contributed by atoms with van der Waals surface area (Å²) in [6, 6.07) is 12.6. The van der Waals surface area contributed by atoms with Crippen molar-refractivity contribution in [1.29, 1.82) is 0 Å². The van der Waals surface area contributed by atoms with Crippen LogP contribution in [0.15, 0.2) is 48.5 Å². The van der Waals surface area contributed by atoms with E-state index < -0.39 is 16.6 Å². The van der Waals surface area contributed by atoms with Gasteiger partial charge in [0.15, 0.2) is 5.75 Å². The van der Waals surface area contributed by atoms with Crippen LogP contribution < -0.4 is 4.74 Å². The van der Waals surface area contributed by atoms with Crippen molar-refractivity contribution in [2.45, 2.75) is 6.92 Å². The number of rotatable bonds is 3. The minimum absolute atomic E-state index is 0.167. The van der Waals surface area contributed by atoms with E-state index >= 15 is 0 Å². The maximum atomic E-state index is 12.4. The molecule has 7 heteroatoms. The number of hydrogen-bond donors (Lipinski definition) is 0. The van der Waals surface area contributed by atoms with Crippen LogP contribution >= 0.6 is 11.6 Å². The summed E-state index contributed by atoms with van der Waals surface area (Å²) in [5.41, 5.74) is 0.705. The molecule has 3 rings (SSSR count). The van der Waals surface area contributed by atoms with Crippen molar-refractivity contribution in [3.63, 3.8) is 0 Å². The fraction of sp³-hybridized carbons (Fsp3) is 0.0588. The Morgan fingerprint density at radius 1 is 1.21 bits per heavy atom. The fourth-order valence-electron chi connectivity index (χ4n) is 2.28. The molecule has 1 heterocycles. The van der Waals surface area contributed by atoms with E-state index in [-0.39, 0.29) is 16.3 Å². The average molecular weight is 343 g/mol. The summed E-state index contributed by atoms with van der Waals surface area (Å²) >= 11 is 5.75. The van der Waals surface area contributed by atoms with Gasteiger partial charge in [-0.3, -0.25) is 10.1 Å². The number of halogens is 1. The molecule has 24 heavy (non-hydrogen) atoms. The molecule has 0 aliphatic rings. The molecule has 0 radical (unpaired) electrons. The average Bonchev–Trinajstić information content (AvgIpc) is 2.55. The van der Waals surface area contributed by atoms with E-state index in [1.165, 1.54) is 12.1 Å². The van der Waals surface area contributed by atoms with Gasteiger partial charge in [0.2, 0.25) is 0 Å². The molecular formula is C17H11ClN2O4. The zero-order valence-electron chi connectivity index (χ0n) is 12.5. The number of fused-ring (bicyclic) bond motifs is 1. The number of carbonyl (C=O) groups excluding carboxylic acids is 1. The van der Waals surface area contributed by atoms with Crippen molar-refractivity contribution in [3.8, 4) is 5.75 Å².